The van der Waals surface area contributed by atoms with E-state index >= 15 is 0 Å². The van der Waals surface area contributed by atoms with Gasteiger partial charge in [-0.1, -0.05) is 11.2 Å². The zero-order chi connectivity index (χ0) is 29.8. The number of carbonyl (C=O) groups is 2. The summed E-state index contributed by atoms with van der Waals surface area (Å²) in [7, 11) is -4.90. The summed E-state index contributed by atoms with van der Waals surface area (Å²) >= 11 is 0.587. The fraction of sp³-hybridized carbons (Fsp3) is 0.250. The molecule has 0 spiro atoms. The maximum Gasteiger partial charge on any atom is 0.267 e. The number of hydrogen-bond donors (Lipinski definition) is 2. The smallest absolute Gasteiger partial charge is 0.267 e. The van der Waals surface area contributed by atoms with Crippen LogP contribution in [0.25, 0.3) is 0 Å². The summed E-state index contributed by atoms with van der Waals surface area (Å²) in [5.74, 6) is -3.49. The Kier molecular flexibility index (Phi) is 3.39. The van der Waals surface area contributed by atoms with E-state index in [1.54, 1.807) is 0 Å². The van der Waals surface area contributed by atoms with E-state index in [2.05, 4.69) is 5.16 Å². The molecule has 10 heteroatoms. The van der Waals surface area contributed by atoms with Gasteiger partial charge in [-0.3, -0.25) is 9.59 Å². The van der Waals surface area contributed by atoms with E-state index in [1.165, 1.54) is 32.2 Å². The van der Waals surface area contributed by atoms with Crippen molar-refractivity contribution in [3.05, 3.63) is 56.4 Å². The molecule has 3 aromatic rings. The molecule has 0 aliphatic rings. The lowest BCUT2D eigenvalue weighted by molar-refractivity contribution is 0.101. The number of carbonyl (C=O) groups excluding carboxylic acids is 2. The quantitative estimate of drug-likeness (QED) is 0.536. The summed E-state index contributed by atoms with van der Waals surface area (Å²) in [6.07, 6.45) is 0. The fourth-order valence-corrected chi connectivity index (χ4v) is 4.84. The van der Waals surface area contributed by atoms with Gasteiger partial charge in [-0.25, -0.2) is 13.1 Å². The summed E-state index contributed by atoms with van der Waals surface area (Å²) in [4.78, 5) is 24.8. The van der Waals surface area contributed by atoms with Crippen molar-refractivity contribution in [2.45, 2.75) is 39.4 Å². The lowest BCUT2D eigenvalue weighted by atomic mass is 10.0. The Morgan fingerprint density at radius 1 is 1.33 bits per heavy atom. The molecule has 0 unspecified atom stereocenters. The first-order chi connectivity index (χ1) is 17.7. The zero-order valence-corrected chi connectivity index (χ0v) is 17.6. The van der Waals surface area contributed by atoms with Crippen LogP contribution in [0.15, 0.2) is 33.0 Å². The number of anilines is 2. The van der Waals surface area contributed by atoms with Crippen LogP contribution < -0.4 is 10.0 Å². The first-order valence-corrected chi connectivity index (χ1v) is 10.6. The van der Waals surface area contributed by atoms with Gasteiger partial charge in [0, 0.05) is 19.4 Å². The molecule has 0 saturated carbocycles. The van der Waals surface area contributed by atoms with Crippen LogP contribution in [0.5, 0.6) is 0 Å². The Labute approximate surface area is 191 Å². The molecule has 0 radical (unpaired) electrons. The minimum Gasteiger partial charge on any atom is -0.337 e. The Morgan fingerprint density at radius 3 is 2.77 bits per heavy atom. The molecule has 30 heavy (non-hydrogen) atoms. The first-order valence-electron chi connectivity index (χ1n) is 12.7. The summed E-state index contributed by atoms with van der Waals surface area (Å²) < 4.78 is 101. The Hall–Kier alpha value is -2.98. The number of thiophene rings is 1. The van der Waals surface area contributed by atoms with Gasteiger partial charge in [0.25, 0.3) is 15.9 Å². The van der Waals surface area contributed by atoms with E-state index in [0.29, 0.717) is 11.3 Å². The monoisotopic (exact) mass is 456 g/mol. The predicted octanol–water partition coefficient (Wildman–Crippen LogP) is 4.23. The zero-order valence-electron chi connectivity index (χ0n) is 24.9. The average Bonchev–Trinajstić information content (AvgIpc) is 3.46. The minimum absolute atomic E-state index is 0.108. The van der Waals surface area contributed by atoms with Crippen molar-refractivity contribution in [3.63, 3.8) is 0 Å². The van der Waals surface area contributed by atoms with E-state index in [4.69, 9.17) is 16.9 Å². The molecule has 1 amide bonds. The highest BCUT2D eigenvalue weighted by molar-refractivity contribution is 7.93. The largest absolute Gasteiger partial charge is 0.337 e. The van der Waals surface area contributed by atoms with Crippen LogP contribution in [0.2, 0.25) is 2.82 Å². The van der Waals surface area contributed by atoms with Crippen molar-refractivity contribution in [1.29, 1.82) is 0 Å². The lowest BCUT2D eigenvalue weighted by Gasteiger charge is -2.14. The standard InChI is InChI=1S/C20H21N3O5S2/c1-10-8-11(2)17(15(9-10)14(5)24)21-19(25)18-16(6-7-29-18)30(26,27)23-20-12(3)13(4)22-28-20/h6-9,23H,1-5H3,(H,21,25)/i4D3,5D3,9D/hD2. The van der Waals surface area contributed by atoms with Gasteiger partial charge in [0.1, 0.15) is 9.77 Å². The molecule has 0 aliphatic carbocycles. The van der Waals surface area contributed by atoms with Gasteiger partial charge in [-0.2, -0.15) is 0 Å². The topological polar surface area (TPSA) is 118 Å². The van der Waals surface area contributed by atoms with Crippen LogP contribution in [-0.4, -0.2) is 25.3 Å². The summed E-state index contributed by atoms with van der Waals surface area (Å²) in [5, 5.41) is 4.66. The molecule has 2 heterocycles. The molecule has 3 rings (SSSR count). The van der Waals surface area contributed by atoms with Crippen molar-refractivity contribution < 1.29 is 34.9 Å². The van der Waals surface area contributed by atoms with E-state index in [-0.39, 0.29) is 26.7 Å². The van der Waals surface area contributed by atoms with Gasteiger partial charge in [-0.15, -0.1) is 11.3 Å². The summed E-state index contributed by atoms with van der Waals surface area (Å²) in [5.41, 5.74) is -1.69. The number of Topliss-reactive ketones (excluding diaryl/α,β-unsaturated/α-hetero) is 1. The molecule has 0 bridgehead atoms. The van der Waals surface area contributed by atoms with Gasteiger partial charge in [-0.05, 0) is 63.1 Å². The first kappa shape index (κ1) is 12.7. The number of benzene rings is 1. The Bertz CT molecular complexity index is 1580. The predicted molar refractivity (Wildman–Crippen MR) is 115 cm³/mol. The molecule has 8 nitrogen and oxygen atoms in total. The van der Waals surface area contributed by atoms with E-state index in [1.807, 2.05) is 0 Å². The average molecular weight is 457 g/mol. The summed E-state index contributed by atoms with van der Waals surface area (Å²) in [6, 6.07) is 1.84. The van der Waals surface area contributed by atoms with Gasteiger partial charge in [0.15, 0.2) is 8.61 Å². The van der Waals surface area contributed by atoms with Crippen molar-refractivity contribution >= 4 is 44.6 Å². The number of aromatic nitrogens is 1. The van der Waals surface area contributed by atoms with Crippen molar-refractivity contribution in [1.82, 2.24) is 5.16 Å². The number of ketones is 1. The van der Waals surface area contributed by atoms with E-state index in [9.17, 15) is 18.0 Å². The number of sulfonamides is 1. The Balaban J connectivity index is 2.11. The van der Waals surface area contributed by atoms with Gasteiger partial charge < -0.3 is 9.83 Å². The SMILES string of the molecule is [2H]c1c(C)cc(C)c(N([2H])C(=O)c2sccc2S(=O)(=O)N([2H])c2onc(C([2H])([2H])[2H])c2C)c1C(=O)C([2H])([2H])[2H]. The van der Waals surface area contributed by atoms with Crippen LogP contribution in [0.3, 0.4) is 0 Å². The maximum atomic E-state index is 13.4. The Morgan fingerprint density at radius 2 is 2.10 bits per heavy atom. The number of aryl methyl sites for hydroxylation is 3. The van der Waals surface area contributed by atoms with Crippen LogP contribution in [0, 0.1) is 27.6 Å². The second-order valence-electron chi connectivity index (χ2n) is 6.25. The molecule has 2 aromatic heterocycles. The molecule has 0 fully saturated rings. The molecule has 0 atom stereocenters. The highest BCUT2D eigenvalue weighted by Crippen LogP contribution is 2.29. The second-order valence-corrected chi connectivity index (χ2v) is 8.74. The maximum absolute atomic E-state index is 13.4. The van der Waals surface area contributed by atoms with Crippen LogP contribution in [0.1, 0.15) is 58.9 Å². The molecular formula is C20H21N3O5S2. The van der Waals surface area contributed by atoms with E-state index in [0.717, 1.165) is 6.07 Å². The van der Waals surface area contributed by atoms with Crippen molar-refractivity contribution in [3.8, 4) is 0 Å². The third-order valence-electron chi connectivity index (χ3n) is 4.01. The molecule has 158 valence electrons. The highest BCUT2D eigenvalue weighted by atomic mass is 32.2. The minimum atomic E-state index is -4.90. The van der Waals surface area contributed by atoms with Crippen molar-refractivity contribution in [2.75, 3.05) is 10.0 Å². The van der Waals surface area contributed by atoms with Crippen LogP contribution in [-0.2, 0) is 10.0 Å². The molecule has 1 aromatic carbocycles. The highest BCUT2D eigenvalue weighted by Gasteiger charge is 2.27. The molecular weight excluding hydrogens is 426 g/mol. The fourth-order valence-electron chi connectivity index (χ4n) is 2.57. The second kappa shape index (κ2) is 8.04. The van der Waals surface area contributed by atoms with Gasteiger partial charge in [0.2, 0.25) is 5.88 Å². The number of amides is 1. The number of hydrogen-bond acceptors (Lipinski definition) is 7. The number of nitrogens with one attached hydrogen (secondary N) is 2. The summed E-state index contributed by atoms with van der Waals surface area (Å²) in [6.45, 7) is -1.92. The lowest BCUT2D eigenvalue weighted by Crippen LogP contribution is -2.20. The molecule has 0 saturated heterocycles. The number of rotatable bonds is 6. The third-order valence-corrected chi connectivity index (χ3v) is 6.34. The van der Waals surface area contributed by atoms with Crippen molar-refractivity contribution in [2.24, 2.45) is 0 Å². The molecule has 2 N–H and O–H groups in total. The molecule has 0 aliphatic heterocycles. The number of nitrogens with zero attached hydrogens (tertiary/aromatic N) is 1. The van der Waals surface area contributed by atoms with Gasteiger partial charge in [0.05, 0.1) is 12.8 Å². The third kappa shape index (κ3) is 4.14. The van der Waals surface area contributed by atoms with Gasteiger partial charge >= 0.3 is 0 Å². The van der Waals surface area contributed by atoms with E-state index < -0.39 is 74.1 Å². The normalized spacial score (nSPS) is 16.6. The van der Waals surface area contributed by atoms with Crippen LogP contribution >= 0.6 is 11.3 Å². The van der Waals surface area contributed by atoms with Crippen LogP contribution in [0.4, 0.5) is 11.6 Å².